The van der Waals surface area contributed by atoms with E-state index in [9.17, 15) is 4.79 Å². The van der Waals surface area contributed by atoms with Crippen molar-refractivity contribution in [2.45, 2.75) is 51.7 Å². The zero-order valence-electron chi connectivity index (χ0n) is 15.8. The van der Waals surface area contributed by atoms with Crippen molar-refractivity contribution in [3.8, 4) is 0 Å². The van der Waals surface area contributed by atoms with E-state index in [1.165, 1.54) is 16.7 Å². The Morgan fingerprint density at radius 2 is 2.08 bits per heavy atom. The lowest BCUT2D eigenvalue weighted by molar-refractivity contribution is -0.235. The molecule has 138 valence electrons. The van der Waals surface area contributed by atoms with Crippen molar-refractivity contribution < 1.29 is 19.0 Å². The molecule has 1 fully saturated rings. The maximum absolute atomic E-state index is 13.0. The molecule has 1 saturated heterocycles. The van der Waals surface area contributed by atoms with E-state index in [0.717, 1.165) is 18.5 Å². The summed E-state index contributed by atoms with van der Waals surface area (Å²) >= 11 is 0. The average Bonchev–Trinajstić information content (AvgIpc) is 3.38. The number of ether oxygens (including phenoxy) is 3. The predicted molar refractivity (Wildman–Crippen MR) is 93.1 cm³/mol. The van der Waals surface area contributed by atoms with E-state index in [1.54, 1.807) is 19.1 Å². The Balaban J connectivity index is 1.90. The molecule has 2 heterocycles. The van der Waals surface area contributed by atoms with Gasteiger partial charge < -0.3 is 19.1 Å². The van der Waals surface area contributed by atoms with Crippen molar-refractivity contribution in [3.63, 3.8) is 0 Å². The molecule has 0 radical (unpaired) electrons. The third-order valence-electron chi connectivity index (χ3n) is 5.20. The molecule has 6 nitrogen and oxygen atoms in total. The molecule has 0 spiro atoms. The first-order valence-corrected chi connectivity index (χ1v) is 8.83. The van der Waals surface area contributed by atoms with Crippen LogP contribution >= 0.6 is 0 Å². The van der Waals surface area contributed by atoms with Crippen LogP contribution in [0.1, 0.15) is 42.7 Å². The highest BCUT2D eigenvalue weighted by Crippen LogP contribution is 2.43. The van der Waals surface area contributed by atoms with E-state index in [2.05, 4.69) is 25.8 Å². The SMILES string of the molecule is COCOC1(Cc2ncc(C)c3c2C3)C(=O)N(COC)C1CC(C)C. The molecule has 0 bridgehead atoms. The molecule has 1 amide bonds. The van der Waals surface area contributed by atoms with Gasteiger partial charge in [0.25, 0.3) is 5.91 Å². The summed E-state index contributed by atoms with van der Waals surface area (Å²) in [7, 11) is 3.18. The standard InChI is InChI=1S/C19H28N2O4/c1-12(2)6-17-19(25-11-24-5,18(22)21(17)10-23-4)8-16-15-7-14(15)13(3)9-20-16/h9,12,17H,6-8,10-11H2,1-5H3. The maximum Gasteiger partial charge on any atom is 0.259 e. The van der Waals surface area contributed by atoms with Crippen LogP contribution in [0, 0.1) is 12.8 Å². The zero-order valence-corrected chi connectivity index (χ0v) is 15.8. The van der Waals surface area contributed by atoms with Gasteiger partial charge in [0.1, 0.15) is 13.5 Å². The lowest BCUT2D eigenvalue weighted by Crippen LogP contribution is -2.76. The number of nitrogens with zero attached hydrogens (tertiary/aromatic N) is 2. The van der Waals surface area contributed by atoms with Crippen LogP contribution in [0.4, 0.5) is 0 Å². The first-order chi connectivity index (χ1) is 11.9. The Morgan fingerprint density at radius 3 is 2.72 bits per heavy atom. The number of methoxy groups -OCH3 is 2. The summed E-state index contributed by atoms with van der Waals surface area (Å²) in [5.41, 5.74) is 3.95. The van der Waals surface area contributed by atoms with Crippen molar-refractivity contribution in [1.29, 1.82) is 0 Å². The van der Waals surface area contributed by atoms with Crippen LogP contribution in [0.25, 0.3) is 0 Å². The van der Waals surface area contributed by atoms with E-state index in [1.807, 2.05) is 6.20 Å². The predicted octanol–water partition coefficient (Wildman–Crippen LogP) is 2.06. The minimum absolute atomic E-state index is 0.0335. The number of hydrogen-bond acceptors (Lipinski definition) is 5. The second kappa shape index (κ2) is 7.02. The third-order valence-corrected chi connectivity index (χ3v) is 5.20. The molecule has 2 atom stereocenters. The molecule has 1 aliphatic heterocycles. The van der Waals surface area contributed by atoms with Crippen molar-refractivity contribution in [1.82, 2.24) is 9.88 Å². The number of likely N-dealkylation sites (tertiary alicyclic amines) is 1. The van der Waals surface area contributed by atoms with Crippen LogP contribution < -0.4 is 0 Å². The van der Waals surface area contributed by atoms with E-state index in [-0.39, 0.29) is 25.5 Å². The normalized spacial score (nSPS) is 24.5. The average molecular weight is 348 g/mol. The minimum atomic E-state index is -0.905. The first-order valence-electron chi connectivity index (χ1n) is 8.83. The lowest BCUT2D eigenvalue weighted by Gasteiger charge is -2.55. The number of hydrogen-bond donors (Lipinski definition) is 0. The fourth-order valence-electron chi connectivity index (χ4n) is 3.85. The molecular weight excluding hydrogens is 320 g/mol. The van der Waals surface area contributed by atoms with E-state index >= 15 is 0 Å². The minimum Gasteiger partial charge on any atom is -0.364 e. The van der Waals surface area contributed by atoms with Gasteiger partial charge in [0, 0.05) is 39.0 Å². The van der Waals surface area contributed by atoms with Crippen LogP contribution in [0.5, 0.6) is 0 Å². The summed E-state index contributed by atoms with van der Waals surface area (Å²) in [6.07, 6.45) is 4.23. The molecule has 1 aromatic heterocycles. The lowest BCUT2D eigenvalue weighted by atomic mass is 9.74. The Kier molecular flexibility index (Phi) is 5.14. The highest BCUT2D eigenvalue weighted by molar-refractivity contribution is 5.93. The Morgan fingerprint density at radius 1 is 1.32 bits per heavy atom. The quantitative estimate of drug-likeness (QED) is 0.513. The van der Waals surface area contributed by atoms with Crippen LogP contribution in [-0.2, 0) is 31.8 Å². The monoisotopic (exact) mass is 348 g/mol. The highest BCUT2D eigenvalue weighted by atomic mass is 16.7. The molecule has 3 rings (SSSR count). The number of rotatable bonds is 9. The van der Waals surface area contributed by atoms with Crippen LogP contribution in [0.3, 0.4) is 0 Å². The molecule has 6 heteroatoms. The molecule has 0 N–H and O–H groups in total. The third kappa shape index (κ3) is 3.18. The Bertz CT molecular complexity index is 661. The summed E-state index contributed by atoms with van der Waals surface area (Å²) in [5, 5.41) is 0. The number of amides is 1. The summed E-state index contributed by atoms with van der Waals surface area (Å²) in [4.78, 5) is 19.4. The summed E-state index contributed by atoms with van der Waals surface area (Å²) in [6.45, 7) is 6.76. The number of pyridine rings is 1. The van der Waals surface area contributed by atoms with E-state index in [0.29, 0.717) is 12.3 Å². The fourth-order valence-corrected chi connectivity index (χ4v) is 3.85. The van der Waals surface area contributed by atoms with Gasteiger partial charge in [-0.3, -0.25) is 9.78 Å². The molecule has 1 aliphatic carbocycles. The largest absolute Gasteiger partial charge is 0.364 e. The summed E-state index contributed by atoms with van der Waals surface area (Å²) in [6, 6.07) is -0.0346. The first kappa shape index (κ1) is 18.3. The molecular formula is C19H28N2O4. The van der Waals surface area contributed by atoms with Crippen LogP contribution in [0.2, 0.25) is 0 Å². The molecule has 2 aliphatic rings. The summed E-state index contributed by atoms with van der Waals surface area (Å²) < 4.78 is 16.4. The van der Waals surface area contributed by atoms with Gasteiger partial charge in [0.2, 0.25) is 0 Å². The Labute approximate surface area is 149 Å². The van der Waals surface area contributed by atoms with Crippen molar-refractivity contribution in [2.75, 3.05) is 27.7 Å². The van der Waals surface area contributed by atoms with Crippen LogP contribution in [0.15, 0.2) is 6.20 Å². The molecule has 2 unspecified atom stereocenters. The smallest absolute Gasteiger partial charge is 0.259 e. The van der Waals surface area contributed by atoms with Gasteiger partial charge in [-0.25, -0.2) is 0 Å². The zero-order chi connectivity index (χ0) is 18.2. The van der Waals surface area contributed by atoms with Crippen molar-refractivity contribution >= 4 is 5.91 Å². The Hall–Kier alpha value is -1.50. The number of fused-ring (bicyclic) bond motifs is 1. The second-order valence-corrected chi connectivity index (χ2v) is 7.48. The highest BCUT2D eigenvalue weighted by Gasteiger charge is 2.62. The molecule has 25 heavy (non-hydrogen) atoms. The molecule has 1 aromatic rings. The number of β-lactam (4-membered cyclic amide) rings is 1. The maximum atomic E-state index is 13.0. The number of aromatic nitrogens is 1. The topological polar surface area (TPSA) is 60.9 Å². The van der Waals surface area contributed by atoms with Crippen molar-refractivity contribution in [3.05, 3.63) is 28.6 Å². The van der Waals surface area contributed by atoms with Gasteiger partial charge in [-0.2, -0.15) is 0 Å². The number of carbonyl (C=O) groups excluding carboxylic acids is 1. The summed E-state index contributed by atoms with van der Waals surface area (Å²) in [5.74, 6) is 0.405. The van der Waals surface area contributed by atoms with Crippen LogP contribution in [-0.4, -0.2) is 55.2 Å². The number of aryl methyl sites for hydroxylation is 1. The van der Waals surface area contributed by atoms with Gasteiger partial charge in [-0.15, -0.1) is 0 Å². The second-order valence-electron chi connectivity index (χ2n) is 7.48. The van der Waals surface area contributed by atoms with E-state index < -0.39 is 5.60 Å². The molecule has 0 aromatic carbocycles. The fraction of sp³-hybridized carbons (Fsp3) is 0.684. The van der Waals surface area contributed by atoms with E-state index in [4.69, 9.17) is 14.2 Å². The van der Waals surface area contributed by atoms with Gasteiger partial charge in [0.15, 0.2) is 5.60 Å². The molecule has 0 saturated carbocycles. The number of carbonyl (C=O) groups is 1. The van der Waals surface area contributed by atoms with Gasteiger partial charge in [-0.05, 0) is 36.0 Å². The van der Waals surface area contributed by atoms with Gasteiger partial charge in [-0.1, -0.05) is 13.8 Å². The van der Waals surface area contributed by atoms with Gasteiger partial charge >= 0.3 is 0 Å². The van der Waals surface area contributed by atoms with Gasteiger partial charge in [0.05, 0.1) is 6.04 Å². The van der Waals surface area contributed by atoms with Crippen molar-refractivity contribution in [2.24, 2.45) is 5.92 Å².